The third kappa shape index (κ3) is 6.53. The van der Waals surface area contributed by atoms with Crippen molar-refractivity contribution in [3.63, 3.8) is 0 Å². The van der Waals surface area contributed by atoms with E-state index in [2.05, 4.69) is 54.4 Å². The number of nitrogens with one attached hydrogen (secondary N) is 1. The fraction of sp³-hybridized carbons (Fsp3) is 0.273. The van der Waals surface area contributed by atoms with Crippen LogP contribution < -0.4 is 5.32 Å². The molecule has 0 bridgehead atoms. The molecule has 0 amide bonds. The molecule has 0 heterocycles. The third-order valence-electron chi connectivity index (χ3n) is 4.04. The lowest BCUT2D eigenvalue weighted by Gasteiger charge is -2.22. The summed E-state index contributed by atoms with van der Waals surface area (Å²) in [6.07, 6.45) is 8.96. The van der Waals surface area contributed by atoms with Gasteiger partial charge in [0, 0.05) is 12.1 Å². The molecular formula is C22H27NO. The van der Waals surface area contributed by atoms with Gasteiger partial charge in [0.15, 0.2) is 0 Å². The summed E-state index contributed by atoms with van der Waals surface area (Å²) in [6, 6.07) is 20.9. The Balaban J connectivity index is 1.91. The van der Waals surface area contributed by atoms with Gasteiger partial charge >= 0.3 is 0 Å². The average molecular weight is 321 g/mol. The molecule has 0 unspecified atom stereocenters. The molecule has 0 aliphatic rings. The summed E-state index contributed by atoms with van der Waals surface area (Å²) < 4.78 is 0. The highest BCUT2D eigenvalue weighted by Gasteiger charge is 2.11. The van der Waals surface area contributed by atoms with E-state index in [4.69, 9.17) is 0 Å². The Morgan fingerprint density at radius 1 is 1.00 bits per heavy atom. The van der Waals surface area contributed by atoms with Gasteiger partial charge in [0.1, 0.15) is 0 Å². The van der Waals surface area contributed by atoms with E-state index in [0.717, 1.165) is 24.8 Å². The molecule has 0 aromatic heterocycles. The minimum Gasteiger partial charge on any atom is -0.394 e. The van der Waals surface area contributed by atoms with Crippen molar-refractivity contribution in [3.05, 3.63) is 90.5 Å². The number of benzene rings is 2. The van der Waals surface area contributed by atoms with Crippen molar-refractivity contribution < 1.29 is 5.11 Å². The van der Waals surface area contributed by atoms with E-state index in [-0.39, 0.29) is 12.6 Å². The van der Waals surface area contributed by atoms with Gasteiger partial charge in [-0.2, -0.15) is 0 Å². The van der Waals surface area contributed by atoms with Crippen molar-refractivity contribution in [3.8, 4) is 0 Å². The first-order valence-electron chi connectivity index (χ1n) is 8.57. The zero-order chi connectivity index (χ0) is 17.0. The Morgan fingerprint density at radius 2 is 1.67 bits per heavy atom. The molecule has 0 aliphatic carbocycles. The van der Waals surface area contributed by atoms with Crippen LogP contribution in [-0.4, -0.2) is 23.8 Å². The van der Waals surface area contributed by atoms with E-state index in [1.165, 1.54) is 5.56 Å². The Bertz CT molecular complexity index is 606. The van der Waals surface area contributed by atoms with Crippen LogP contribution in [-0.2, 0) is 6.42 Å². The number of aliphatic hydroxyl groups is 1. The smallest absolute Gasteiger partial charge is 0.0620 e. The summed E-state index contributed by atoms with van der Waals surface area (Å²) in [4.78, 5) is 0. The fourth-order valence-electron chi connectivity index (χ4n) is 2.72. The predicted molar refractivity (Wildman–Crippen MR) is 103 cm³/mol. The van der Waals surface area contributed by atoms with E-state index in [9.17, 15) is 5.11 Å². The van der Waals surface area contributed by atoms with Crippen LogP contribution in [0.5, 0.6) is 0 Å². The van der Waals surface area contributed by atoms with Gasteiger partial charge in [-0.15, -0.1) is 6.58 Å². The lowest BCUT2D eigenvalue weighted by atomic mass is 10.0. The SMILES string of the molecule is C=CC[C@@H](CCc1ccccc1)N[C@H](/C=C/c1ccccc1)CO. The summed E-state index contributed by atoms with van der Waals surface area (Å²) in [7, 11) is 0. The number of aryl methyl sites for hydroxylation is 1. The zero-order valence-corrected chi connectivity index (χ0v) is 14.1. The first kappa shape index (κ1) is 18.2. The second-order valence-electron chi connectivity index (χ2n) is 5.97. The van der Waals surface area contributed by atoms with Gasteiger partial charge in [0.2, 0.25) is 0 Å². The molecule has 0 radical (unpaired) electrons. The monoisotopic (exact) mass is 321 g/mol. The Morgan fingerprint density at radius 3 is 2.29 bits per heavy atom. The number of aliphatic hydroxyl groups excluding tert-OH is 1. The van der Waals surface area contributed by atoms with Crippen molar-refractivity contribution in [2.75, 3.05) is 6.61 Å². The first-order chi connectivity index (χ1) is 11.8. The third-order valence-corrected chi connectivity index (χ3v) is 4.04. The molecule has 0 fully saturated rings. The van der Waals surface area contributed by atoms with E-state index in [0.29, 0.717) is 6.04 Å². The molecule has 126 valence electrons. The maximum absolute atomic E-state index is 9.67. The largest absolute Gasteiger partial charge is 0.394 e. The van der Waals surface area contributed by atoms with E-state index >= 15 is 0 Å². The topological polar surface area (TPSA) is 32.3 Å². The highest BCUT2D eigenvalue weighted by molar-refractivity contribution is 5.49. The second kappa shape index (κ2) is 10.6. The minimum absolute atomic E-state index is 0.0501. The highest BCUT2D eigenvalue weighted by atomic mass is 16.3. The van der Waals surface area contributed by atoms with Gasteiger partial charge in [-0.25, -0.2) is 0 Å². The van der Waals surface area contributed by atoms with Gasteiger partial charge in [0.05, 0.1) is 6.61 Å². The first-order valence-corrected chi connectivity index (χ1v) is 8.57. The summed E-state index contributed by atoms with van der Waals surface area (Å²) in [6.45, 7) is 3.95. The maximum atomic E-state index is 9.67. The molecular weight excluding hydrogens is 294 g/mol. The standard InChI is InChI=1S/C22H27NO/c1-2-9-21(16-14-19-10-5-3-6-11-19)23-22(18-24)17-15-20-12-7-4-8-13-20/h2-8,10-13,15,17,21-24H,1,9,14,16,18H2/b17-15+/t21-,22+/m0/s1. The van der Waals surface area contributed by atoms with E-state index < -0.39 is 0 Å². The van der Waals surface area contributed by atoms with Gasteiger partial charge in [0.25, 0.3) is 0 Å². The van der Waals surface area contributed by atoms with Crippen LogP contribution in [0.3, 0.4) is 0 Å². The molecule has 2 rings (SSSR count). The van der Waals surface area contributed by atoms with Crippen LogP contribution in [0.25, 0.3) is 6.08 Å². The molecule has 2 atom stereocenters. The van der Waals surface area contributed by atoms with Crippen molar-refractivity contribution >= 4 is 6.08 Å². The Kier molecular flexibility index (Phi) is 8.02. The minimum atomic E-state index is -0.0501. The van der Waals surface area contributed by atoms with E-state index in [1.807, 2.05) is 36.4 Å². The lowest BCUT2D eigenvalue weighted by molar-refractivity contribution is 0.252. The average Bonchev–Trinajstić information content (AvgIpc) is 2.64. The van der Waals surface area contributed by atoms with Gasteiger partial charge in [-0.05, 0) is 30.4 Å². The molecule has 0 spiro atoms. The molecule has 2 nitrogen and oxygen atoms in total. The van der Waals surface area contributed by atoms with E-state index in [1.54, 1.807) is 0 Å². The summed E-state index contributed by atoms with van der Waals surface area (Å²) in [5, 5.41) is 13.2. The highest BCUT2D eigenvalue weighted by Crippen LogP contribution is 2.09. The predicted octanol–water partition coefficient (Wildman–Crippen LogP) is 4.23. The maximum Gasteiger partial charge on any atom is 0.0620 e. The fourth-order valence-corrected chi connectivity index (χ4v) is 2.72. The number of rotatable bonds is 10. The molecule has 2 aromatic rings. The molecule has 2 N–H and O–H groups in total. The van der Waals surface area contributed by atoms with Gasteiger partial charge < -0.3 is 10.4 Å². The summed E-state index contributed by atoms with van der Waals surface area (Å²) >= 11 is 0. The Labute approximate surface area is 145 Å². The van der Waals surface area contributed by atoms with Crippen LogP contribution in [0.4, 0.5) is 0 Å². The van der Waals surface area contributed by atoms with Crippen molar-refractivity contribution in [2.24, 2.45) is 0 Å². The van der Waals surface area contributed by atoms with Crippen LogP contribution in [0.1, 0.15) is 24.0 Å². The number of hydrogen-bond donors (Lipinski definition) is 2. The normalized spacial score (nSPS) is 13.7. The molecule has 0 saturated carbocycles. The molecule has 0 aliphatic heterocycles. The van der Waals surface area contributed by atoms with Crippen LogP contribution in [0.15, 0.2) is 79.4 Å². The van der Waals surface area contributed by atoms with Gasteiger partial charge in [-0.1, -0.05) is 78.9 Å². The van der Waals surface area contributed by atoms with Gasteiger partial charge in [-0.3, -0.25) is 0 Å². The molecule has 2 aromatic carbocycles. The summed E-state index contributed by atoms with van der Waals surface area (Å²) in [5.41, 5.74) is 2.48. The molecule has 2 heteroatoms. The zero-order valence-electron chi connectivity index (χ0n) is 14.1. The van der Waals surface area contributed by atoms with Crippen LogP contribution >= 0.6 is 0 Å². The van der Waals surface area contributed by atoms with Crippen LogP contribution in [0, 0.1) is 0 Å². The Hall–Kier alpha value is -2.16. The van der Waals surface area contributed by atoms with Crippen molar-refractivity contribution in [1.29, 1.82) is 0 Å². The molecule has 24 heavy (non-hydrogen) atoms. The van der Waals surface area contributed by atoms with Crippen LogP contribution in [0.2, 0.25) is 0 Å². The summed E-state index contributed by atoms with van der Waals surface area (Å²) in [5.74, 6) is 0. The lowest BCUT2D eigenvalue weighted by Crippen LogP contribution is -2.39. The number of hydrogen-bond acceptors (Lipinski definition) is 2. The van der Waals surface area contributed by atoms with Crippen molar-refractivity contribution in [2.45, 2.75) is 31.3 Å². The van der Waals surface area contributed by atoms with Crippen molar-refractivity contribution in [1.82, 2.24) is 5.32 Å². The quantitative estimate of drug-likeness (QED) is 0.642. The molecule has 0 saturated heterocycles. The second-order valence-corrected chi connectivity index (χ2v) is 5.97.